The van der Waals surface area contributed by atoms with Gasteiger partial charge in [0.2, 0.25) is 0 Å². The van der Waals surface area contributed by atoms with Crippen LogP contribution in [-0.2, 0) is 0 Å². The Labute approximate surface area is 186 Å². The molecule has 6 heteroatoms. The predicted octanol–water partition coefficient (Wildman–Crippen LogP) is 5.57. The van der Waals surface area contributed by atoms with Gasteiger partial charge in [0.05, 0.1) is 38.1 Å². The number of methoxy groups -OCH3 is 3. The largest absolute Gasteiger partial charge is 0.497 e. The molecule has 2 aromatic heterocycles. The summed E-state index contributed by atoms with van der Waals surface area (Å²) >= 11 is 0. The average Bonchev–Trinajstić information content (AvgIpc) is 3.23. The maximum atomic E-state index is 5.58. The first-order valence-corrected chi connectivity index (χ1v) is 10.3. The molecule has 0 atom stereocenters. The molecule has 5 rings (SSSR count). The highest BCUT2D eigenvalue weighted by Crippen LogP contribution is 2.38. The average molecular weight is 425 g/mol. The van der Waals surface area contributed by atoms with Crippen LogP contribution in [0.25, 0.3) is 38.8 Å². The molecule has 0 aliphatic carbocycles. The van der Waals surface area contributed by atoms with Crippen LogP contribution in [0, 0.1) is 6.92 Å². The van der Waals surface area contributed by atoms with E-state index in [4.69, 9.17) is 24.3 Å². The molecule has 0 bridgehead atoms. The van der Waals surface area contributed by atoms with E-state index >= 15 is 0 Å². The number of benzene rings is 3. The quantitative estimate of drug-likeness (QED) is 0.368. The minimum absolute atomic E-state index is 0.642. The van der Waals surface area contributed by atoms with E-state index in [0.717, 1.165) is 44.5 Å². The summed E-state index contributed by atoms with van der Waals surface area (Å²) in [6, 6.07) is 20.1. The van der Waals surface area contributed by atoms with Crippen molar-refractivity contribution in [1.29, 1.82) is 0 Å². The predicted molar refractivity (Wildman–Crippen MR) is 126 cm³/mol. The maximum Gasteiger partial charge on any atom is 0.162 e. The Hall–Kier alpha value is -4.06. The number of ether oxygens (including phenoxy) is 3. The first-order valence-electron chi connectivity index (χ1n) is 10.3. The minimum atomic E-state index is 0.642. The fourth-order valence-electron chi connectivity index (χ4n) is 3.95. The molecule has 32 heavy (non-hydrogen) atoms. The van der Waals surface area contributed by atoms with Crippen LogP contribution in [-0.4, -0.2) is 36.1 Å². The standard InChI is InChI=1S/C26H23N3O3/c1-16-5-9-18(10-6-16)29-26-20-13-23(31-3)24(32-4)14-22(20)27-15-21(26)25(28-29)17-7-11-19(30-2)12-8-17/h5-15H,1-4H3. The summed E-state index contributed by atoms with van der Waals surface area (Å²) in [5, 5.41) is 6.92. The minimum Gasteiger partial charge on any atom is -0.497 e. The molecule has 0 aliphatic heterocycles. The molecule has 0 saturated heterocycles. The summed E-state index contributed by atoms with van der Waals surface area (Å²) in [5.41, 5.74) is 5.78. The third kappa shape index (κ3) is 3.21. The summed E-state index contributed by atoms with van der Waals surface area (Å²) in [4.78, 5) is 4.72. The Balaban J connectivity index is 1.86. The number of aryl methyl sites for hydroxylation is 1. The highest BCUT2D eigenvalue weighted by Gasteiger charge is 2.19. The number of hydrogen-bond donors (Lipinski definition) is 0. The summed E-state index contributed by atoms with van der Waals surface area (Å²) in [6.45, 7) is 2.07. The summed E-state index contributed by atoms with van der Waals surface area (Å²) in [7, 11) is 4.92. The molecule has 0 unspecified atom stereocenters. The Morgan fingerprint density at radius 3 is 2.09 bits per heavy atom. The van der Waals surface area contributed by atoms with Crippen LogP contribution in [0.1, 0.15) is 5.56 Å². The van der Waals surface area contributed by atoms with E-state index in [9.17, 15) is 0 Å². The third-order valence-corrected chi connectivity index (χ3v) is 5.65. The van der Waals surface area contributed by atoms with Crippen LogP contribution in [0.3, 0.4) is 0 Å². The molecule has 0 aliphatic rings. The van der Waals surface area contributed by atoms with Gasteiger partial charge in [-0.2, -0.15) is 5.10 Å². The zero-order chi connectivity index (χ0) is 22.2. The number of nitrogens with zero attached hydrogens (tertiary/aromatic N) is 3. The molecule has 0 spiro atoms. The Bertz CT molecular complexity index is 1420. The van der Waals surface area contributed by atoms with Crippen molar-refractivity contribution >= 4 is 21.8 Å². The van der Waals surface area contributed by atoms with Crippen molar-refractivity contribution in [2.45, 2.75) is 6.92 Å². The molecular formula is C26H23N3O3. The van der Waals surface area contributed by atoms with Gasteiger partial charge in [-0.05, 0) is 49.4 Å². The second kappa shape index (κ2) is 7.89. The van der Waals surface area contributed by atoms with Crippen LogP contribution in [0.2, 0.25) is 0 Å². The topological polar surface area (TPSA) is 58.4 Å². The number of rotatable bonds is 5. The number of hydrogen-bond acceptors (Lipinski definition) is 5. The fraction of sp³-hybridized carbons (Fsp3) is 0.154. The van der Waals surface area contributed by atoms with Crippen molar-refractivity contribution in [2.75, 3.05) is 21.3 Å². The van der Waals surface area contributed by atoms with E-state index in [1.165, 1.54) is 5.56 Å². The van der Waals surface area contributed by atoms with Crippen molar-refractivity contribution < 1.29 is 14.2 Å². The van der Waals surface area contributed by atoms with E-state index in [-0.39, 0.29) is 0 Å². The van der Waals surface area contributed by atoms with Gasteiger partial charge in [0.1, 0.15) is 11.4 Å². The van der Waals surface area contributed by atoms with Crippen LogP contribution in [0.15, 0.2) is 66.9 Å². The van der Waals surface area contributed by atoms with Gasteiger partial charge >= 0.3 is 0 Å². The lowest BCUT2D eigenvalue weighted by atomic mass is 10.1. The molecule has 0 amide bonds. The molecule has 0 radical (unpaired) electrons. The Kier molecular flexibility index (Phi) is 4.90. The van der Waals surface area contributed by atoms with Crippen molar-refractivity contribution in [3.8, 4) is 34.2 Å². The van der Waals surface area contributed by atoms with Crippen molar-refractivity contribution in [2.24, 2.45) is 0 Å². The SMILES string of the molecule is COc1ccc(-c2nn(-c3ccc(C)cc3)c3c2cnc2cc(OC)c(OC)cc23)cc1. The van der Waals surface area contributed by atoms with Crippen LogP contribution >= 0.6 is 0 Å². The normalized spacial score (nSPS) is 11.1. The van der Waals surface area contributed by atoms with Gasteiger partial charge in [-0.25, -0.2) is 4.68 Å². The maximum absolute atomic E-state index is 5.58. The van der Waals surface area contributed by atoms with E-state index in [0.29, 0.717) is 11.5 Å². The van der Waals surface area contributed by atoms with Crippen molar-refractivity contribution in [3.05, 3.63) is 72.4 Å². The highest BCUT2D eigenvalue weighted by molar-refractivity contribution is 6.09. The Morgan fingerprint density at radius 1 is 0.750 bits per heavy atom. The summed E-state index contributed by atoms with van der Waals surface area (Å²) in [5.74, 6) is 2.09. The molecule has 6 nitrogen and oxygen atoms in total. The second-order valence-corrected chi connectivity index (χ2v) is 7.57. The molecule has 160 valence electrons. The first-order chi connectivity index (χ1) is 15.6. The Morgan fingerprint density at radius 2 is 1.44 bits per heavy atom. The van der Waals surface area contributed by atoms with Gasteiger partial charge in [0.15, 0.2) is 11.5 Å². The number of pyridine rings is 1. The molecule has 2 heterocycles. The summed E-state index contributed by atoms with van der Waals surface area (Å²) in [6.07, 6.45) is 1.88. The van der Waals surface area contributed by atoms with E-state index in [2.05, 4.69) is 31.2 Å². The van der Waals surface area contributed by atoms with E-state index < -0.39 is 0 Å². The third-order valence-electron chi connectivity index (χ3n) is 5.65. The molecule has 0 fully saturated rings. The zero-order valence-corrected chi connectivity index (χ0v) is 18.4. The highest BCUT2D eigenvalue weighted by atomic mass is 16.5. The smallest absolute Gasteiger partial charge is 0.162 e. The molecular weight excluding hydrogens is 402 g/mol. The summed E-state index contributed by atoms with van der Waals surface area (Å²) < 4.78 is 18.4. The van der Waals surface area contributed by atoms with Crippen LogP contribution in [0.5, 0.6) is 17.2 Å². The first kappa shape index (κ1) is 19.9. The number of aromatic nitrogens is 3. The molecule has 0 saturated carbocycles. The van der Waals surface area contributed by atoms with Crippen LogP contribution in [0.4, 0.5) is 0 Å². The zero-order valence-electron chi connectivity index (χ0n) is 18.4. The lowest BCUT2D eigenvalue weighted by molar-refractivity contribution is 0.356. The lowest BCUT2D eigenvalue weighted by Gasteiger charge is -2.11. The van der Waals surface area contributed by atoms with Gasteiger partial charge in [0.25, 0.3) is 0 Å². The van der Waals surface area contributed by atoms with Crippen molar-refractivity contribution in [1.82, 2.24) is 14.8 Å². The van der Waals surface area contributed by atoms with Crippen molar-refractivity contribution in [3.63, 3.8) is 0 Å². The van der Waals surface area contributed by atoms with E-state index in [1.807, 2.05) is 47.3 Å². The van der Waals surface area contributed by atoms with Gasteiger partial charge < -0.3 is 14.2 Å². The van der Waals surface area contributed by atoms with Gasteiger partial charge in [-0.1, -0.05) is 17.7 Å². The second-order valence-electron chi connectivity index (χ2n) is 7.57. The van der Waals surface area contributed by atoms with Gasteiger partial charge in [0, 0.05) is 28.6 Å². The van der Waals surface area contributed by atoms with E-state index in [1.54, 1.807) is 21.3 Å². The molecule has 0 N–H and O–H groups in total. The monoisotopic (exact) mass is 425 g/mol. The fourth-order valence-corrected chi connectivity index (χ4v) is 3.95. The molecule has 3 aromatic carbocycles. The lowest BCUT2D eigenvalue weighted by Crippen LogP contribution is -1.98. The van der Waals surface area contributed by atoms with Crippen LogP contribution < -0.4 is 14.2 Å². The number of fused-ring (bicyclic) bond motifs is 3. The van der Waals surface area contributed by atoms with Gasteiger partial charge in [-0.3, -0.25) is 4.98 Å². The van der Waals surface area contributed by atoms with Gasteiger partial charge in [-0.15, -0.1) is 0 Å². The molecule has 5 aromatic rings.